The molecule has 0 radical (unpaired) electrons. The number of nitrogens with zero attached hydrogens (tertiary/aromatic N) is 3. The van der Waals surface area contributed by atoms with Crippen LogP contribution in [-0.2, 0) is 0 Å². The summed E-state index contributed by atoms with van der Waals surface area (Å²) in [5.74, 6) is 1.69. The van der Waals surface area contributed by atoms with Crippen LogP contribution >= 0.6 is 11.3 Å². The molecule has 2 aromatic rings. The van der Waals surface area contributed by atoms with Crippen molar-refractivity contribution in [3.63, 3.8) is 0 Å². The zero-order valence-corrected chi connectivity index (χ0v) is 11.3. The van der Waals surface area contributed by atoms with Gasteiger partial charge in [-0.1, -0.05) is 0 Å². The van der Waals surface area contributed by atoms with E-state index in [9.17, 15) is 0 Å². The van der Waals surface area contributed by atoms with Crippen LogP contribution in [0.3, 0.4) is 0 Å². The molecule has 18 heavy (non-hydrogen) atoms. The molecule has 1 aliphatic rings. The van der Waals surface area contributed by atoms with E-state index in [4.69, 9.17) is 0 Å². The number of nitrogens with one attached hydrogen (secondary N) is 2. The average Bonchev–Trinajstić information content (AvgIpc) is 2.91. The molecule has 1 saturated heterocycles. The van der Waals surface area contributed by atoms with E-state index in [0.29, 0.717) is 0 Å². The lowest BCUT2D eigenvalue weighted by Crippen LogP contribution is -2.28. The van der Waals surface area contributed by atoms with Crippen LogP contribution in [-0.4, -0.2) is 41.4 Å². The first kappa shape index (κ1) is 11.7. The molecular formula is C12H17N5S. The van der Waals surface area contributed by atoms with Crippen LogP contribution < -0.4 is 10.2 Å². The van der Waals surface area contributed by atoms with Crippen molar-refractivity contribution in [3.05, 3.63) is 16.3 Å². The van der Waals surface area contributed by atoms with Crippen LogP contribution in [0.15, 0.2) is 10.8 Å². The van der Waals surface area contributed by atoms with Crippen LogP contribution in [0.2, 0.25) is 0 Å². The van der Waals surface area contributed by atoms with Crippen molar-refractivity contribution < 1.29 is 0 Å². The Kier molecular flexibility index (Phi) is 3.29. The van der Waals surface area contributed by atoms with Crippen LogP contribution in [0.1, 0.15) is 12.0 Å². The number of thiophene rings is 1. The molecule has 0 atom stereocenters. The zero-order valence-electron chi connectivity index (χ0n) is 10.4. The molecule has 0 unspecified atom stereocenters. The molecule has 0 bridgehead atoms. The summed E-state index contributed by atoms with van der Waals surface area (Å²) in [6, 6.07) is 0. The summed E-state index contributed by atoms with van der Waals surface area (Å²) in [6.45, 7) is 6.18. The SMILES string of the molecule is Cc1cscc1-c1nc(N2CCCNCC2)n[nH]1. The van der Waals surface area contributed by atoms with Gasteiger partial charge in [0, 0.05) is 30.6 Å². The first-order valence-electron chi connectivity index (χ1n) is 6.26. The summed E-state index contributed by atoms with van der Waals surface area (Å²) in [6.07, 6.45) is 1.14. The minimum Gasteiger partial charge on any atom is -0.338 e. The summed E-state index contributed by atoms with van der Waals surface area (Å²) in [5.41, 5.74) is 2.41. The van der Waals surface area contributed by atoms with Crippen molar-refractivity contribution in [1.29, 1.82) is 0 Å². The third-order valence-corrected chi connectivity index (χ3v) is 4.07. The number of anilines is 1. The topological polar surface area (TPSA) is 56.8 Å². The van der Waals surface area contributed by atoms with E-state index in [1.165, 1.54) is 5.56 Å². The van der Waals surface area contributed by atoms with Gasteiger partial charge < -0.3 is 10.2 Å². The van der Waals surface area contributed by atoms with E-state index in [-0.39, 0.29) is 0 Å². The van der Waals surface area contributed by atoms with Gasteiger partial charge in [-0.3, -0.25) is 5.10 Å². The first-order chi connectivity index (χ1) is 8.84. The van der Waals surface area contributed by atoms with E-state index in [1.54, 1.807) is 11.3 Å². The minimum atomic E-state index is 0.819. The Labute approximate surface area is 110 Å². The Morgan fingerprint density at radius 2 is 2.22 bits per heavy atom. The number of aromatic nitrogens is 3. The number of aryl methyl sites for hydroxylation is 1. The van der Waals surface area contributed by atoms with Gasteiger partial charge in [0.25, 0.3) is 0 Å². The summed E-state index contributed by atoms with van der Waals surface area (Å²) in [7, 11) is 0. The lowest BCUT2D eigenvalue weighted by molar-refractivity contribution is 0.724. The number of hydrogen-bond acceptors (Lipinski definition) is 5. The molecule has 96 valence electrons. The fraction of sp³-hybridized carbons (Fsp3) is 0.500. The Bertz CT molecular complexity index is 510. The van der Waals surface area contributed by atoms with Gasteiger partial charge in [0.2, 0.25) is 5.95 Å². The Balaban J connectivity index is 1.82. The Hall–Kier alpha value is -1.40. The quantitative estimate of drug-likeness (QED) is 0.865. The number of hydrogen-bond donors (Lipinski definition) is 2. The van der Waals surface area contributed by atoms with Crippen molar-refractivity contribution in [2.24, 2.45) is 0 Å². The largest absolute Gasteiger partial charge is 0.338 e. The van der Waals surface area contributed by atoms with Gasteiger partial charge in [-0.2, -0.15) is 16.3 Å². The normalized spacial score (nSPS) is 16.8. The van der Waals surface area contributed by atoms with Crippen LogP contribution in [0.5, 0.6) is 0 Å². The molecule has 0 saturated carbocycles. The van der Waals surface area contributed by atoms with Gasteiger partial charge in [-0.05, 0) is 30.8 Å². The maximum Gasteiger partial charge on any atom is 0.245 e. The zero-order chi connectivity index (χ0) is 12.4. The predicted molar refractivity (Wildman–Crippen MR) is 74.1 cm³/mol. The van der Waals surface area contributed by atoms with E-state index in [0.717, 1.165) is 49.9 Å². The van der Waals surface area contributed by atoms with Crippen molar-refractivity contribution in [1.82, 2.24) is 20.5 Å². The molecule has 0 amide bonds. The molecule has 0 aliphatic carbocycles. The lowest BCUT2D eigenvalue weighted by Gasteiger charge is -2.16. The second kappa shape index (κ2) is 5.07. The summed E-state index contributed by atoms with van der Waals surface area (Å²) >= 11 is 1.70. The first-order valence-corrected chi connectivity index (χ1v) is 7.20. The molecule has 5 nitrogen and oxygen atoms in total. The highest BCUT2D eigenvalue weighted by Crippen LogP contribution is 2.24. The second-order valence-electron chi connectivity index (χ2n) is 4.54. The van der Waals surface area contributed by atoms with Crippen molar-refractivity contribution >= 4 is 17.3 Å². The molecule has 1 aliphatic heterocycles. The lowest BCUT2D eigenvalue weighted by atomic mass is 10.2. The number of H-pyrrole nitrogens is 1. The van der Waals surface area contributed by atoms with Gasteiger partial charge in [0.1, 0.15) is 0 Å². The molecule has 2 aromatic heterocycles. The van der Waals surface area contributed by atoms with Crippen LogP contribution in [0.4, 0.5) is 5.95 Å². The van der Waals surface area contributed by atoms with Crippen molar-refractivity contribution in [2.45, 2.75) is 13.3 Å². The molecule has 3 heterocycles. The molecule has 0 spiro atoms. The summed E-state index contributed by atoms with van der Waals surface area (Å²) < 4.78 is 0. The van der Waals surface area contributed by atoms with Crippen LogP contribution in [0.25, 0.3) is 11.4 Å². The van der Waals surface area contributed by atoms with Gasteiger partial charge in [0.05, 0.1) is 0 Å². The van der Waals surface area contributed by atoms with E-state index in [1.807, 2.05) is 0 Å². The highest BCUT2D eigenvalue weighted by molar-refractivity contribution is 7.08. The highest BCUT2D eigenvalue weighted by Gasteiger charge is 2.15. The maximum absolute atomic E-state index is 4.62. The van der Waals surface area contributed by atoms with Gasteiger partial charge in [0.15, 0.2) is 5.82 Å². The van der Waals surface area contributed by atoms with E-state index < -0.39 is 0 Å². The van der Waals surface area contributed by atoms with Gasteiger partial charge >= 0.3 is 0 Å². The molecule has 6 heteroatoms. The number of aromatic amines is 1. The molecule has 3 rings (SSSR count). The minimum absolute atomic E-state index is 0.819. The molecular weight excluding hydrogens is 246 g/mol. The summed E-state index contributed by atoms with van der Waals surface area (Å²) in [4.78, 5) is 6.85. The molecule has 1 fully saturated rings. The van der Waals surface area contributed by atoms with E-state index in [2.05, 4.69) is 43.1 Å². The van der Waals surface area contributed by atoms with Gasteiger partial charge in [-0.25, -0.2) is 0 Å². The fourth-order valence-corrected chi connectivity index (χ4v) is 3.00. The van der Waals surface area contributed by atoms with Gasteiger partial charge in [-0.15, -0.1) is 5.10 Å². The van der Waals surface area contributed by atoms with Crippen LogP contribution in [0, 0.1) is 6.92 Å². The highest BCUT2D eigenvalue weighted by atomic mass is 32.1. The fourth-order valence-electron chi connectivity index (χ4n) is 2.16. The second-order valence-corrected chi connectivity index (χ2v) is 5.29. The summed E-state index contributed by atoms with van der Waals surface area (Å²) in [5, 5.41) is 15.0. The standard InChI is InChI=1S/C12H17N5S/c1-9-7-18-8-10(9)11-14-12(16-15-11)17-5-2-3-13-4-6-17/h7-8,13H,2-6H2,1H3,(H,14,15,16). The van der Waals surface area contributed by atoms with Crippen molar-refractivity contribution in [2.75, 3.05) is 31.1 Å². The number of rotatable bonds is 2. The maximum atomic E-state index is 4.62. The molecule has 0 aromatic carbocycles. The molecule has 2 N–H and O–H groups in total. The predicted octanol–water partition coefficient (Wildman–Crippen LogP) is 1.64. The third-order valence-electron chi connectivity index (χ3n) is 3.21. The van der Waals surface area contributed by atoms with E-state index >= 15 is 0 Å². The smallest absolute Gasteiger partial charge is 0.245 e. The Morgan fingerprint density at radius 1 is 1.28 bits per heavy atom. The van der Waals surface area contributed by atoms with Crippen molar-refractivity contribution in [3.8, 4) is 11.4 Å². The monoisotopic (exact) mass is 263 g/mol. The third kappa shape index (κ3) is 2.26. The Morgan fingerprint density at radius 3 is 3.06 bits per heavy atom. The average molecular weight is 263 g/mol.